The molecule has 0 saturated carbocycles. The third-order valence-corrected chi connectivity index (χ3v) is 6.16. The number of nitrogens with zero attached hydrogens (tertiary/aromatic N) is 1. The van der Waals surface area contributed by atoms with Crippen LogP contribution in [0.2, 0.25) is 0 Å². The van der Waals surface area contributed by atoms with Crippen molar-refractivity contribution in [1.29, 1.82) is 0 Å². The van der Waals surface area contributed by atoms with Crippen molar-refractivity contribution in [3.63, 3.8) is 0 Å². The van der Waals surface area contributed by atoms with Crippen LogP contribution < -0.4 is 10.2 Å². The van der Waals surface area contributed by atoms with Gasteiger partial charge in [0, 0.05) is 40.0 Å². The van der Waals surface area contributed by atoms with E-state index >= 15 is 0 Å². The fraction of sp³-hybridized carbons (Fsp3) is 0.379. The Labute approximate surface area is 239 Å². The number of carbonyl (C=O) groups excluding carboxylic acids is 4. The van der Waals surface area contributed by atoms with Gasteiger partial charge in [0.25, 0.3) is 0 Å². The molecule has 1 fully saturated rings. The molecule has 0 radical (unpaired) electrons. The molecular weight excluding hydrogens is 554 g/mol. The molecule has 2 aromatic heterocycles. The lowest BCUT2D eigenvalue weighted by molar-refractivity contribution is -0.288. The second-order valence-electron chi connectivity index (χ2n) is 9.42. The van der Waals surface area contributed by atoms with E-state index in [1.54, 1.807) is 31.3 Å². The number of aromatic nitrogens is 1. The molecular formula is C29H29NO12. The average Bonchev–Trinajstić information content (AvgIpc) is 2.90. The molecule has 0 spiro atoms. The van der Waals surface area contributed by atoms with E-state index in [1.165, 1.54) is 25.1 Å². The number of pyridine rings is 1. The average molecular weight is 584 g/mol. The Morgan fingerprint density at radius 2 is 1.52 bits per heavy atom. The number of esters is 4. The monoisotopic (exact) mass is 583 g/mol. The highest BCUT2D eigenvalue weighted by atomic mass is 16.7. The maximum Gasteiger partial charge on any atom is 0.303 e. The van der Waals surface area contributed by atoms with Crippen LogP contribution in [0.1, 0.15) is 33.5 Å². The summed E-state index contributed by atoms with van der Waals surface area (Å²) in [5, 5.41) is 0.259. The number of carbonyl (C=O) groups is 4. The van der Waals surface area contributed by atoms with E-state index in [4.69, 9.17) is 32.8 Å². The first kappa shape index (κ1) is 30.2. The number of ether oxygens (including phenoxy) is 6. The highest BCUT2D eigenvalue weighted by molar-refractivity contribution is 5.83. The molecule has 5 atom stereocenters. The summed E-state index contributed by atoms with van der Waals surface area (Å²) in [6, 6.07) is 9.61. The van der Waals surface area contributed by atoms with E-state index in [9.17, 15) is 24.0 Å². The van der Waals surface area contributed by atoms with Crippen LogP contribution in [-0.2, 0) is 42.9 Å². The molecule has 3 aromatic rings. The van der Waals surface area contributed by atoms with Gasteiger partial charge in [-0.2, -0.15) is 0 Å². The Morgan fingerprint density at radius 3 is 2.14 bits per heavy atom. The third kappa shape index (κ3) is 6.92. The van der Waals surface area contributed by atoms with Crippen LogP contribution in [-0.4, -0.2) is 66.2 Å². The zero-order chi connectivity index (χ0) is 30.6. The number of fused-ring (bicyclic) bond motifs is 1. The van der Waals surface area contributed by atoms with E-state index in [1.807, 2.05) is 0 Å². The predicted molar refractivity (Wildman–Crippen MR) is 143 cm³/mol. The maximum atomic E-state index is 13.3. The highest BCUT2D eigenvalue weighted by Crippen LogP contribution is 2.32. The van der Waals surface area contributed by atoms with Crippen molar-refractivity contribution < 1.29 is 52.0 Å². The molecule has 42 heavy (non-hydrogen) atoms. The summed E-state index contributed by atoms with van der Waals surface area (Å²) in [4.78, 5) is 65.1. The minimum Gasteiger partial charge on any atom is -0.463 e. The fourth-order valence-corrected chi connectivity index (χ4v) is 4.58. The van der Waals surface area contributed by atoms with Crippen molar-refractivity contribution in [2.45, 2.75) is 65.3 Å². The number of hydrogen-bond donors (Lipinski definition) is 0. The molecule has 13 nitrogen and oxygen atoms in total. The van der Waals surface area contributed by atoms with Gasteiger partial charge < -0.3 is 32.8 Å². The molecule has 222 valence electrons. The first-order valence-electron chi connectivity index (χ1n) is 12.9. The van der Waals surface area contributed by atoms with E-state index in [-0.39, 0.29) is 22.1 Å². The van der Waals surface area contributed by atoms with Crippen molar-refractivity contribution >= 4 is 34.8 Å². The van der Waals surface area contributed by atoms with Gasteiger partial charge >= 0.3 is 23.9 Å². The van der Waals surface area contributed by atoms with Gasteiger partial charge in [-0.1, -0.05) is 6.07 Å². The first-order valence-corrected chi connectivity index (χ1v) is 12.9. The Hall–Kier alpha value is -4.78. The number of benzene rings is 1. The van der Waals surface area contributed by atoms with Gasteiger partial charge in [0.15, 0.2) is 12.2 Å². The molecule has 0 N–H and O–H groups in total. The second-order valence-corrected chi connectivity index (χ2v) is 9.42. The van der Waals surface area contributed by atoms with Gasteiger partial charge in [-0.25, -0.2) is 0 Å². The van der Waals surface area contributed by atoms with Gasteiger partial charge in [-0.15, -0.1) is 0 Å². The van der Waals surface area contributed by atoms with Crippen molar-refractivity contribution in [3.05, 3.63) is 58.6 Å². The Balaban J connectivity index is 1.73. The van der Waals surface area contributed by atoms with Gasteiger partial charge in [-0.05, 0) is 31.2 Å². The number of aryl methyl sites for hydroxylation is 1. The van der Waals surface area contributed by atoms with Gasteiger partial charge in [0.1, 0.15) is 29.8 Å². The first-order chi connectivity index (χ1) is 19.9. The Kier molecular flexibility index (Phi) is 9.21. The minimum atomic E-state index is -1.44. The van der Waals surface area contributed by atoms with E-state index in [2.05, 4.69) is 4.98 Å². The molecule has 13 heteroatoms. The van der Waals surface area contributed by atoms with Gasteiger partial charge in [-0.3, -0.25) is 29.0 Å². The fourth-order valence-electron chi connectivity index (χ4n) is 4.58. The minimum absolute atomic E-state index is 0.136. The quantitative estimate of drug-likeness (QED) is 0.281. The van der Waals surface area contributed by atoms with Crippen molar-refractivity contribution in [2.75, 3.05) is 6.61 Å². The Bertz CT molecular complexity index is 1550. The van der Waals surface area contributed by atoms with Gasteiger partial charge in [0.05, 0.1) is 16.6 Å². The Morgan fingerprint density at radius 1 is 0.857 bits per heavy atom. The lowest BCUT2D eigenvalue weighted by Gasteiger charge is -2.43. The van der Waals surface area contributed by atoms with Crippen molar-refractivity contribution in [1.82, 2.24) is 4.98 Å². The van der Waals surface area contributed by atoms with E-state index < -0.39 is 61.2 Å². The molecule has 0 unspecified atom stereocenters. The predicted octanol–water partition coefficient (Wildman–Crippen LogP) is 2.63. The van der Waals surface area contributed by atoms with Crippen LogP contribution in [0.5, 0.6) is 5.75 Å². The molecule has 0 aliphatic carbocycles. The zero-order valence-corrected chi connectivity index (χ0v) is 23.5. The summed E-state index contributed by atoms with van der Waals surface area (Å²) >= 11 is 0. The lowest BCUT2D eigenvalue weighted by Crippen LogP contribution is -2.63. The third-order valence-electron chi connectivity index (χ3n) is 6.16. The highest BCUT2D eigenvalue weighted by Gasteiger charge is 2.53. The second kappa shape index (κ2) is 12.8. The van der Waals surface area contributed by atoms with Crippen molar-refractivity contribution in [2.24, 2.45) is 0 Å². The zero-order valence-electron chi connectivity index (χ0n) is 23.5. The molecule has 1 aromatic carbocycles. The van der Waals surface area contributed by atoms with Crippen LogP contribution in [0.25, 0.3) is 22.2 Å². The summed E-state index contributed by atoms with van der Waals surface area (Å²) in [5.41, 5.74) is 0.673. The maximum absolute atomic E-state index is 13.3. The largest absolute Gasteiger partial charge is 0.463 e. The van der Waals surface area contributed by atoms with Gasteiger partial charge in [0.2, 0.25) is 17.8 Å². The summed E-state index contributed by atoms with van der Waals surface area (Å²) in [6.07, 6.45) is -5.18. The molecule has 4 rings (SSSR count). The topological polar surface area (TPSA) is 167 Å². The van der Waals surface area contributed by atoms with E-state index in [0.717, 1.165) is 20.8 Å². The van der Waals surface area contributed by atoms with Crippen LogP contribution in [0.15, 0.2) is 51.8 Å². The molecule has 1 aliphatic heterocycles. The molecule has 0 amide bonds. The standard InChI is InChI=1S/C29H29NO12/c1-14-24(21-8-6-7-11-30-21)25(35)20-10-9-19(12-22(20)37-14)41-29-28(40-18(5)34)27(39-17(4)33)26(38-16(3)32)23(42-29)13-36-15(2)31/h6-12,23,26-29H,13H2,1-5H3/t23-,26+,27-,28-,29-/m0/s1. The lowest BCUT2D eigenvalue weighted by atomic mass is 9.98. The normalized spacial score (nSPS) is 21.7. The van der Waals surface area contributed by atoms with Crippen LogP contribution in [0, 0.1) is 6.92 Å². The van der Waals surface area contributed by atoms with Crippen molar-refractivity contribution in [3.8, 4) is 17.0 Å². The van der Waals surface area contributed by atoms with Crippen LogP contribution in [0.4, 0.5) is 0 Å². The molecule has 1 saturated heterocycles. The smallest absolute Gasteiger partial charge is 0.303 e. The summed E-state index contributed by atoms with van der Waals surface area (Å²) < 4.78 is 39.2. The van der Waals surface area contributed by atoms with Crippen LogP contribution >= 0.6 is 0 Å². The molecule has 0 bridgehead atoms. The summed E-state index contributed by atoms with van der Waals surface area (Å²) in [5.74, 6) is -2.47. The number of rotatable bonds is 8. The summed E-state index contributed by atoms with van der Waals surface area (Å²) in [6.45, 7) is 5.78. The van der Waals surface area contributed by atoms with Crippen LogP contribution in [0.3, 0.4) is 0 Å². The SMILES string of the molecule is CC(=O)OC[C@@H]1O[C@H](Oc2ccc3c(=O)c(-c4ccccn4)c(C)oc3c2)[C@@H](OC(C)=O)[C@@H](OC(C)=O)[C@@H]1OC(C)=O. The van der Waals surface area contributed by atoms with E-state index in [0.29, 0.717) is 17.0 Å². The molecule has 1 aliphatic rings. The summed E-state index contributed by atoms with van der Waals surface area (Å²) in [7, 11) is 0. The number of hydrogen-bond acceptors (Lipinski definition) is 13. The molecule has 3 heterocycles.